The second kappa shape index (κ2) is 11.7. The number of ether oxygens (including phenoxy) is 1. The number of rotatable bonds is 6. The molecule has 2 aliphatic rings. The lowest BCUT2D eigenvalue weighted by Gasteiger charge is -2.12. The van der Waals surface area contributed by atoms with Crippen LogP contribution in [0.15, 0.2) is 123 Å². The van der Waals surface area contributed by atoms with Gasteiger partial charge in [0.15, 0.2) is 5.76 Å². The van der Waals surface area contributed by atoms with Crippen molar-refractivity contribution in [1.82, 2.24) is 4.98 Å². The highest BCUT2D eigenvalue weighted by Gasteiger charge is 2.27. The molecule has 1 heterocycles. The van der Waals surface area contributed by atoms with Crippen LogP contribution in [0.2, 0.25) is 0 Å². The number of amides is 1. The SMILES string of the molecule is COc1ccc(NC(=O)C2=CCc3ccc4c5c([nH]c4c3C(N=Nc3ccc(S(=O)(=O)O)c4ccccc34)=C2O)C=C=CC=C5)cc1. The second-order valence-electron chi connectivity index (χ2n) is 10.8. The van der Waals surface area contributed by atoms with E-state index in [4.69, 9.17) is 4.74 Å². The molecule has 0 bridgehead atoms. The van der Waals surface area contributed by atoms with Gasteiger partial charge in [0.2, 0.25) is 0 Å². The van der Waals surface area contributed by atoms with Crippen LogP contribution in [0.4, 0.5) is 11.4 Å². The number of hydrogen-bond acceptors (Lipinski definition) is 7. The Morgan fingerprint density at radius 1 is 0.979 bits per heavy atom. The highest BCUT2D eigenvalue weighted by atomic mass is 32.2. The van der Waals surface area contributed by atoms with Crippen LogP contribution in [0.1, 0.15) is 22.4 Å². The van der Waals surface area contributed by atoms with Crippen molar-refractivity contribution in [3.63, 3.8) is 0 Å². The number of fused-ring (bicyclic) bond motifs is 6. The van der Waals surface area contributed by atoms with Crippen molar-refractivity contribution in [2.45, 2.75) is 11.3 Å². The number of aromatic amines is 1. The van der Waals surface area contributed by atoms with Crippen molar-refractivity contribution in [2.75, 3.05) is 12.4 Å². The molecular formula is C36H26N4O6S. The monoisotopic (exact) mass is 642 g/mol. The minimum Gasteiger partial charge on any atom is -0.505 e. The van der Waals surface area contributed by atoms with Gasteiger partial charge in [-0.2, -0.15) is 8.42 Å². The van der Waals surface area contributed by atoms with Gasteiger partial charge in [0.25, 0.3) is 16.0 Å². The van der Waals surface area contributed by atoms with Gasteiger partial charge in [-0.05, 0) is 54.5 Å². The fourth-order valence-electron chi connectivity index (χ4n) is 5.81. The van der Waals surface area contributed by atoms with Crippen LogP contribution in [0.5, 0.6) is 5.75 Å². The number of aliphatic hydroxyl groups excluding tert-OH is 1. The maximum Gasteiger partial charge on any atom is 0.295 e. The molecule has 0 saturated heterocycles. The summed E-state index contributed by atoms with van der Waals surface area (Å²) in [7, 11) is -2.96. The molecule has 4 aromatic carbocycles. The first-order valence-corrected chi connectivity index (χ1v) is 15.9. The number of aliphatic hydroxyl groups is 1. The molecule has 0 radical (unpaired) electrons. The lowest BCUT2D eigenvalue weighted by molar-refractivity contribution is -0.112. The number of carbonyl (C=O) groups is 1. The number of nitrogens with one attached hydrogen (secondary N) is 2. The molecular weight excluding hydrogens is 616 g/mol. The molecule has 11 heteroatoms. The first-order valence-electron chi connectivity index (χ1n) is 14.5. The van der Waals surface area contributed by atoms with Gasteiger partial charge in [0.1, 0.15) is 16.3 Å². The third kappa shape index (κ3) is 5.44. The Morgan fingerprint density at radius 2 is 1.77 bits per heavy atom. The van der Waals surface area contributed by atoms with Gasteiger partial charge in [-0.15, -0.1) is 16.0 Å². The maximum absolute atomic E-state index is 13.6. The summed E-state index contributed by atoms with van der Waals surface area (Å²) in [6.45, 7) is 0. The summed E-state index contributed by atoms with van der Waals surface area (Å²) in [6.07, 6.45) is 9.45. The summed E-state index contributed by atoms with van der Waals surface area (Å²) in [6, 6.07) is 20.0. The summed E-state index contributed by atoms with van der Waals surface area (Å²) in [4.78, 5) is 16.8. The van der Waals surface area contributed by atoms with Crippen molar-refractivity contribution in [2.24, 2.45) is 10.2 Å². The number of H-pyrrole nitrogens is 1. The normalized spacial score (nSPS) is 14.2. The van der Waals surface area contributed by atoms with Gasteiger partial charge in [-0.3, -0.25) is 9.35 Å². The van der Waals surface area contributed by atoms with Gasteiger partial charge >= 0.3 is 0 Å². The Morgan fingerprint density at radius 3 is 2.53 bits per heavy atom. The molecule has 1 aromatic heterocycles. The molecule has 0 saturated carbocycles. The minimum absolute atomic E-state index is 0.00143. The molecule has 2 aliphatic carbocycles. The number of hydrogen-bond donors (Lipinski definition) is 4. The quantitative estimate of drug-likeness (QED) is 0.0839. The summed E-state index contributed by atoms with van der Waals surface area (Å²) < 4.78 is 39.1. The number of methoxy groups -OCH3 is 1. The van der Waals surface area contributed by atoms with E-state index < -0.39 is 16.0 Å². The first kappa shape index (κ1) is 29.7. The smallest absolute Gasteiger partial charge is 0.295 e. The van der Waals surface area contributed by atoms with Crippen molar-refractivity contribution in [1.29, 1.82) is 0 Å². The lowest BCUT2D eigenvalue weighted by Crippen LogP contribution is -2.16. The number of benzene rings is 4. The zero-order chi connectivity index (χ0) is 32.7. The summed E-state index contributed by atoms with van der Waals surface area (Å²) in [5.41, 5.74) is 7.73. The summed E-state index contributed by atoms with van der Waals surface area (Å²) in [5, 5.41) is 25.2. The van der Waals surface area contributed by atoms with Crippen LogP contribution >= 0.6 is 0 Å². The van der Waals surface area contributed by atoms with Crippen LogP contribution in [0.3, 0.4) is 0 Å². The van der Waals surface area contributed by atoms with E-state index in [1.807, 2.05) is 36.4 Å². The Balaban J connectivity index is 1.40. The lowest BCUT2D eigenvalue weighted by atomic mass is 9.98. The molecule has 10 nitrogen and oxygen atoms in total. The van der Waals surface area contributed by atoms with E-state index in [0.29, 0.717) is 34.3 Å². The van der Waals surface area contributed by atoms with E-state index in [-0.39, 0.29) is 33.0 Å². The number of azo groups is 1. The highest BCUT2D eigenvalue weighted by molar-refractivity contribution is 7.86. The fourth-order valence-corrected chi connectivity index (χ4v) is 6.50. The van der Waals surface area contributed by atoms with E-state index in [1.165, 1.54) is 12.1 Å². The number of aromatic nitrogens is 1. The molecule has 4 N–H and O–H groups in total. The highest BCUT2D eigenvalue weighted by Crippen LogP contribution is 2.40. The zero-order valence-electron chi connectivity index (χ0n) is 24.9. The summed E-state index contributed by atoms with van der Waals surface area (Å²) >= 11 is 0. The number of nitrogens with zero attached hydrogens (tertiary/aromatic N) is 2. The fraction of sp³-hybridized carbons (Fsp3) is 0.0556. The van der Waals surface area contributed by atoms with Crippen molar-refractivity contribution < 1.29 is 27.6 Å². The van der Waals surface area contributed by atoms with Gasteiger partial charge in [-0.1, -0.05) is 54.6 Å². The molecule has 0 aliphatic heterocycles. The van der Waals surface area contributed by atoms with Crippen LogP contribution in [0, 0.1) is 0 Å². The minimum atomic E-state index is -4.51. The zero-order valence-corrected chi connectivity index (χ0v) is 25.7. The third-order valence-corrected chi connectivity index (χ3v) is 8.96. The van der Waals surface area contributed by atoms with Crippen molar-refractivity contribution in [3.05, 3.63) is 130 Å². The maximum atomic E-state index is 13.6. The average molecular weight is 643 g/mol. The van der Waals surface area contributed by atoms with Crippen molar-refractivity contribution in [3.8, 4) is 5.75 Å². The molecule has 47 heavy (non-hydrogen) atoms. The average Bonchev–Trinajstić information content (AvgIpc) is 3.17. The van der Waals surface area contributed by atoms with E-state index in [0.717, 1.165) is 22.2 Å². The molecule has 0 atom stereocenters. The van der Waals surface area contributed by atoms with Gasteiger partial charge in [0, 0.05) is 39.0 Å². The molecule has 1 amide bonds. The third-order valence-electron chi connectivity index (χ3n) is 8.05. The van der Waals surface area contributed by atoms with E-state index in [2.05, 4.69) is 26.3 Å². The Hall–Kier alpha value is -6.00. The largest absolute Gasteiger partial charge is 0.505 e. The Labute approximate surface area is 269 Å². The molecule has 5 aromatic rings. The first-order chi connectivity index (χ1) is 22.7. The Kier molecular flexibility index (Phi) is 7.42. The molecule has 0 spiro atoms. The Bertz CT molecular complexity index is 2430. The van der Waals surface area contributed by atoms with Crippen LogP contribution in [-0.2, 0) is 21.3 Å². The summed E-state index contributed by atoms with van der Waals surface area (Å²) in [5.74, 6) is -0.311. The van der Waals surface area contributed by atoms with E-state index in [1.54, 1.807) is 61.7 Å². The van der Waals surface area contributed by atoms with E-state index in [9.17, 15) is 22.9 Å². The number of carbonyl (C=O) groups excluding carboxylic acids is 1. The van der Waals surface area contributed by atoms with Gasteiger partial charge < -0.3 is 20.1 Å². The standard InChI is InChI=1S/C36H26N4O6S/c1-46-23-15-13-22(14-16-23)37-36(42)28-18-12-21-11-17-27-25-7-3-2-4-10-29(25)38-33(27)32(21)34(35(28)41)40-39-30-19-20-31(47(43,44)45)26-9-6-5-8-24(26)30/h2-3,5-11,13-20,38,41H,12H2,1H3,(H,37,42)(H,43,44,45). The number of allylic oxidation sites excluding steroid dienone is 3. The topological polar surface area (TPSA) is 153 Å². The predicted molar refractivity (Wildman–Crippen MR) is 181 cm³/mol. The van der Waals surface area contributed by atoms with Gasteiger partial charge in [0.05, 0.1) is 29.6 Å². The predicted octanol–water partition coefficient (Wildman–Crippen LogP) is 7.90. The van der Waals surface area contributed by atoms with E-state index >= 15 is 0 Å². The van der Waals surface area contributed by atoms with Crippen molar-refractivity contribution >= 4 is 66.9 Å². The van der Waals surface area contributed by atoms with Crippen LogP contribution in [0.25, 0.3) is 39.5 Å². The number of anilines is 1. The molecule has 0 fully saturated rings. The van der Waals surface area contributed by atoms with Gasteiger partial charge in [-0.25, -0.2) is 0 Å². The second-order valence-corrected chi connectivity index (χ2v) is 12.2. The van der Waals surface area contributed by atoms with Crippen LogP contribution < -0.4 is 10.1 Å². The molecule has 7 rings (SSSR count). The molecule has 232 valence electrons. The molecule has 0 unspecified atom stereocenters. The van der Waals surface area contributed by atoms with Crippen LogP contribution in [-0.4, -0.2) is 36.1 Å².